The second-order valence-electron chi connectivity index (χ2n) is 7.38. The average Bonchev–Trinajstić information content (AvgIpc) is 2.64. The van der Waals surface area contributed by atoms with Crippen LogP contribution in [0.15, 0.2) is 24.3 Å². The molecule has 0 radical (unpaired) electrons. The smallest absolute Gasteiger partial charge is 0.227 e. The first kappa shape index (κ1) is 20.2. The molecule has 0 bridgehead atoms. The maximum absolute atomic E-state index is 13.0. The number of amides is 1. The van der Waals surface area contributed by atoms with Gasteiger partial charge < -0.3 is 9.64 Å². The molecule has 1 amide bonds. The maximum Gasteiger partial charge on any atom is 0.227 e. The van der Waals surface area contributed by atoms with Crippen LogP contribution in [0.3, 0.4) is 0 Å². The summed E-state index contributed by atoms with van der Waals surface area (Å²) in [5.74, 6) is -0.378. The minimum atomic E-state index is -3.38. The van der Waals surface area contributed by atoms with Crippen molar-refractivity contribution in [3.05, 3.63) is 35.6 Å². The van der Waals surface area contributed by atoms with E-state index in [0.29, 0.717) is 39.1 Å². The second-order valence-corrected chi connectivity index (χ2v) is 9.26. The van der Waals surface area contributed by atoms with Gasteiger partial charge in [-0.25, -0.2) is 12.8 Å². The van der Waals surface area contributed by atoms with Crippen LogP contribution < -0.4 is 0 Å². The number of piperidine rings is 1. The fourth-order valence-corrected chi connectivity index (χ4v) is 5.52. The van der Waals surface area contributed by atoms with Gasteiger partial charge in [0.2, 0.25) is 15.9 Å². The fraction of sp³-hybridized carbons (Fsp3) is 0.632. The minimum Gasteiger partial charge on any atom is -0.381 e. The molecule has 2 aliphatic rings. The van der Waals surface area contributed by atoms with Crippen LogP contribution >= 0.6 is 0 Å². The third-order valence-corrected chi connectivity index (χ3v) is 6.67. The van der Waals surface area contributed by atoms with Crippen LogP contribution in [0.25, 0.3) is 0 Å². The molecule has 0 aliphatic carbocycles. The zero-order valence-electron chi connectivity index (χ0n) is 15.6. The van der Waals surface area contributed by atoms with Gasteiger partial charge in [-0.15, -0.1) is 0 Å². The van der Waals surface area contributed by atoms with Crippen molar-refractivity contribution in [1.29, 1.82) is 0 Å². The van der Waals surface area contributed by atoms with Crippen LogP contribution in [-0.4, -0.2) is 68.2 Å². The number of hydrogen-bond donors (Lipinski definition) is 0. The van der Waals surface area contributed by atoms with Crippen LogP contribution in [0.5, 0.6) is 0 Å². The summed E-state index contributed by atoms with van der Waals surface area (Å²) in [5, 5.41) is 0. The predicted octanol–water partition coefficient (Wildman–Crippen LogP) is 1.80. The molecule has 2 saturated heterocycles. The lowest BCUT2D eigenvalue weighted by Crippen LogP contribution is -2.55. The summed E-state index contributed by atoms with van der Waals surface area (Å²) in [4.78, 5) is 14.4. The normalized spacial score (nSPS) is 22.2. The van der Waals surface area contributed by atoms with Gasteiger partial charge in [-0.3, -0.25) is 4.79 Å². The zero-order chi connectivity index (χ0) is 19.4. The molecule has 2 aliphatic heterocycles. The Balaban J connectivity index is 1.69. The lowest BCUT2D eigenvalue weighted by molar-refractivity contribution is -0.132. The summed E-state index contributed by atoms with van der Waals surface area (Å²) in [5.41, 5.74) is 0.757. The zero-order valence-corrected chi connectivity index (χ0v) is 16.5. The molecule has 1 atom stereocenters. The summed E-state index contributed by atoms with van der Waals surface area (Å²) in [6.45, 7) is 2.17. The average molecular weight is 399 g/mol. The van der Waals surface area contributed by atoms with Gasteiger partial charge in [0.15, 0.2) is 0 Å². The quantitative estimate of drug-likeness (QED) is 0.759. The van der Waals surface area contributed by atoms with E-state index in [0.717, 1.165) is 18.4 Å². The van der Waals surface area contributed by atoms with Gasteiger partial charge in [0, 0.05) is 38.4 Å². The number of sulfonamides is 1. The van der Waals surface area contributed by atoms with Crippen molar-refractivity contribution in [3.8, 4) is 0 Å². The van der Waals surface area contributed by atoms with Crippen molar-refractivity contribution >= 4 is 15.9 Å². The maximum atomic E-state index is 13.0. The SMILES string of the molecule is CS(=O)(=O)N(C1CCOCC1)C1CCCN(C(=O)Cc2ccc(F)cc2)C1. The van der Waals surface area contributed by atoms with Crippen LogP contribution in [0.1, 0.15) is 31.2 Å². The van der Waals surface area contributed by atoms with E-state index in [2.05, 4.69) is 0 Å². The number of carbonyl (C=O) groups is 1. The lowest BCUT2D eigenvalue weighted by atomic mass is 10.0. The molecule has 0 spiro atoms. The van der Waals surface area contributed by atoms with E-state index in [1.165, 1.54) is 18.4 Å². The van der Waals surface area contributed by atoms with Gasteiger partial charge >= 0.3 is 0 Å². The molecule has 27 heavy (non-hydrogen) atoms. The van der Waals surface area contributed by atoms with E-state index in [1.807, 2.05) is 0 Å². The summed E-state index contributed by atoms with van der Waals surface area (Å²) in [6.07, 6.45) is 4.35. The molecule has 3 rings (SSSR count). The highest BCUT2D eigenvalue weighted by Gasteiger charge is 2.37. The Morgan fingerprint density at radius 1 is 1.19 bits per heavy atom. The minimum absolute atomic E-state index is 0.0493. The molecule has 0 saturated carbocycles. The summed E-state index contributed by atoms with van der Waals surface area (Å²) in [6, 6.07) is 5.65. The lowest BCUT2D eigenvalue weighted by Gasteiger charge is -2.42. The van der Waals surface area contributed by atoms with Crippen molar-refractivity contribution in [2.75, 3.05) is 32.6 Å². The van der Waals surface area contributed by atoms with Gasteiger partial charge in [-0.1, -0.05) is 12.1 Å². The molecule has 1 aromatic carbocycles. The molecular formula is C19H27FN2O4S. The van der Waals surface area contributed by atoms with E-state index < -0.39 is 10.0 Å². The van der Waals surface area contributed by atoms with Crippen LogP contribution in [0.2, 0.25) is 0 Å². The molecule has 150 valence electrons. The van der Waals surface area contributed by atoms with Crippen LogP contribution in [0, 0.1) is 5.82 Å². The number of nitrogens with zero attached hydrogens (tertiary/aromatic N) is 2. The van der Waals surface area contributed by atoms with Gasteiger partial charge in [0.1, 0.15) is 5.82 Å². The molecule has 2 heterocycles. The number of ether oxygens (including phenoxy) is 1. The summed E-state index contributed by atoms with van der Waals surface area (Å²) in [7, 11) is -3.38. The van der Waals surface area contributed by atoms with E-state index in [4.69, 9.17) is 4.74 Å². The molecule has 0 aromatic heterocycles. The second kappa shape index (κ2) is 8.67. The number of carbonyl (C=O) groups excluding carboxylic acids is 1. The number of rotatable bonds is 5. The van der Waals surface area contributed by atoms with Gasteiger partial charge in [0.05, 0.1) is 12.7 Å². The predicted molar refractivity (Wildman–Crippen MR) is 100 cm³/mol. The first-order valence-electron chi connectivity index (χ1n) is 9.43. The number of likely N-dealkylation sites (tertiary alicyclic amines) is 1. The summed E-state index contributed by atoms with van der Waals surface area (Å²) >= 11 is 0. The molecule has 6 nitrogen and oxygen atoms in total. The van der Waals surface area contributed by atoms with Gasteiger partial charge in [0.25, 0.3) is 0 Å². The Morgan fingerprint density at radius 2 is 1.85 bits per heavy atom. The van der Waals surface area contributed by atoms with Gasteiger partial charge in [-0.2, -0.15) is 4.31 Å². The highest BCUT2D eigenvalue weighted by atomic mass is 32.2. The van der Waals surface area contributed by atoms with Crippen molar-refractivity contribution in [1.82, 2.24) is 9.21 Å². The Kier molecular flexibility index (Phi) is 6.49. The first-order chi connectivity index (χ1) is 12.8. The van der Waals surface area contributed by atoms with Crippen LogP contribution in [0.4, 0.5) is 4.39 Å². The summed E-state index contributed by atoms with van der Waals surface area (Å²) < 4.78 is 45.0. The first-order valence-corrected chi connectivity index (χ1v) is 11.3. The van der Waals surface area contributed by atoms with Crippen molar-refractivity contribution in [2.45, 2.75) is 44.2 Å². The van der Waals surface area contributed by atoms with Crippen molar-refractivity contribution < 1.29 is 22.3 Å². The molecule has 2 fully saturated rings. The van der Waals surface area contributed by atoms with E-state index in [1.54, 1.807) is 21.3 Å². The Bertz CT molecular complexity index is 747. The Hall–Kier alpha value is -1.51. The fourth-order valence-electron chi connectivity index (χ4n) is 4.06. The van der Waals surface area contributed by atoms with Crippen LogP contribution in [-0.2, 0) is 26.0 Å². The standard InChI is InChI=1S/C19H27FN2O4S/c1-27(24,25)22(17-8-11-26-12-9-17)18-3-2-10-21(14-18)19(23)13-15-4-6-16(20)7-5-15/h4-7,17-18H,2-3,8-14H2,1H3. The largest absolute Gasteiger partial charge is 0.381 e. The number of hydrogen-bond acceptors (Lipinski definition) is 4. The van der Waals surface area contributed by atoms with E-state index in [9.17, 15) is 17.6 Å². The van der Waals surface area contributed by atoms with Gasteiger partial charge in [-0.05, 0) is 43.4 Å². The number of halogens is 1. The molecule has 8 heteroatoms. The molecule has 0 N–H and O–H groups in total. The van der Waals surface area contributed by atoms with Crippen molar-refractivity contribution in [3.63, 3.8) is 0 Å². The monoisotopic (exact) mass is 398 g/mol. The topological polar surface area (TPSA) is 66.9 Å². The highest BCUT2D eigenvalue weighted by molar-refractivity contribution is 7.88. The van der Waals surface area contributed by atoms with E-state index >= 15 is 0 Å². The van der Waals surface area contributed by atoms with Crippen molar-refractivity contribution in [2.24, 2.45) is 0 Å². The molecular weight excluding hydrogens is 371 g/mol. The molecule has 1 aromatic rings. The third kappa shape index (κ3) is 5.27. The molecule has 1 unspecified atom stereocenters. The Labute approximate surface area is 160 Å². The third-order valence-electron chi connectivity index (χ3n) is 5.31. The number of benzene rings is 1. The Morgan fingerprint density at radius 3 is 2.48 bits per heavy atom. The van der Waals surface area contributed by atoms with E-state index in [-0.39, 0.29) is 30.2 Å². The highest BCUT2D eigenvalue weighted by Crippen LogP contribution is 2.26.